The number of rotatable bonds is 30. The number of hydrogen-bond donors (Lipinski definition) is 7. The van der Waals surface area contributed by atoms with E-state index in [1.165, 1.54) is 78.4 Å². The predicted molar refractivity (Wildman–Crippen MR) is 417 cm³/mol. The van der Waals surface area contributed by atoms with Crippen molar-refractivity contribution < 1.29 is 43.3 Å². The fourth-order valence-electron chi connectivity index (χ4n) is 14.6. The van der Waals surface area contributed by atoms with Gasteiger partial charge in [-0.3, -0.25) is 28.8 Å². The number of nitrogens with two attached hydrogens (primary N) is 1. The van der Waals surface area contributed by atoms with Crippen molar-refractivity contribution in [2.24, 2.45) is 11.8 Å². The van der Waals surface area contributed by atoms with Crippen LogP contribution in [0.1, 0.15) is 192 Å². The molecule has 0 aliphatic heterocycles. The highest BCUT2D eigenvalue weighted by Gasteiger charge is 2.28. The Balaban J connectivity index is 0.000000185. The third-order valence-electron chi connectivity index (χ3n) is 20.4. The SMILES string of the molecule is CN(CC(=O)NC1CCCC1)c1nc(Cc2ccc(NCC3CCCCC3)cc2)nc(Cl)c1CC(=O)O.COC(=O)Cc1c(Cl)nc(Cc2ccc(N)cc2)nc1N(C)CC(=O)NC1CCCC1.COC(=O)Cc1c(Cl)nc(Cc2ccc(NCC3CCCCC3)cc2)nc1N(C)CC(=O)NC1CCCC1. The molecule has 24 nitrogen and oxygen atoms in total. The molecule has 5 aliphatic rings. The lowest BCUT2D eigenvalue weighted by molar-refractivity contribution is -0.140. The maximum atomic E-state index is 12.7. The van der Waals surface area contributed by atoms with Gasteiger partial charge in [-0.15, -0.1) is 0 Å². The molecule has 8 N–H and O–H groups in total. The molecule has 0 unspecified atom stereocenters. The van der Waals surface area contributed by atoms with Crippen molar-refractivity contribution in [1.29, 1.82) is 0 Å². The van der Waals surface area contributed by atoms with Gasteiger partial charge in [0.25, 0.3) is 0 Å². The van der Waals surface area contributed by atoms with Crippen LogP contribution in [0.15, 0.2) is 72.8 Å². The number of likely N-dealkylation sites (N-methyl/N-ethyl adjacent to an activating group) is 3. The number of nitrogens with one attached hydrogen (secondary N) is 5. The quantitative estimate of drug-likeness (QED) is 0.0125. The molecule has 11 rings (SSSR count). The van der Waals surface area contributed by atoms with Crippen LogP contribution in [0.4, 0.5) is 34.5 Å². The number of nitrogens with zero attached hydrogens (tertiary/aromatic N) is 9. The van der Waals surface area contributed by atoms with Gasteiger partial charge in [0.1, 0.15) is 50.4 Å². The van der Waals surface area contributed by atoms with Crippen molar-refractivity contribution in [2.75, 3.05) is 99.2 Å². The number of nitrogen functional groups attached to an aromatic ring is 1. The molecule has 106 heavy (non-hydrogen) atoms. The summed E-state index contributed by atoms with van der Waals surface area (Å²) in [7, 11) is 7.91. The van der Waals surface area contributed by atoms with E-state index < -0.39 is 17.9 Å². The molecule has 0 saturated heterocycles. The van der Waals surface area contributed by atoms with Crippen LogP contribution in [-0.4, -0.2) is 157 Å². The molecule has 3 heterocycles. The Kier molecular flexibility index (Phi) is 31.9. The first-order valence-electron chi connectivity index (χ1n) is 37.7. The van der Waals surface area contributed by atoms with Crippen molar-refractivity contribution in [1.82, 2.24) is 45.9 Å². The Bertz CT molecular complexity index is 3860. The van der Waals surface area contributed by atoms with Crippen LogP contribution in [0.3, 0.4) is 0 Å². The highest BCUT2D eigenvalue weighted by Crippen LogP contribution is 2.32. The molecule has 3 amide bonds. The summed E-state index contributed by atoms with van der Waals surface area (Å²) >= 11 is 19.5. The number of anilines is 6. The maximum Gasteiger partial charge on any atom is 0.310 e. The van der Waals surface area contributed by atoms with Gasteiger partial charge >= 0.3 is 17.9 Å². The first-order chi connectivity index (χ1) is 51.1. The Labute approximate surface area is 638 Å². The molecule has 0 spiro atoms. The number of carbonyl (C=O) groups is 6. The fraction of sp³-hybridized carbons (Fsp3) is 0.544. The number of carboxylic acid groups (broad SMARTS) is 1. The lowest BCUT2D eigenvalue weighted by Gasteiger charge is -2.23. The summed E-state index contributed by atoms with van der Waals surface area (Å²) in [5, 5.41) is 26.2. The minimum atomic E-state index is -1.03. The van der Waals surface area contributed by atoms with Crippen LogP contribution in [0.5, 0.6) is 0 Å². The van der Waals surface area contributed by atoms with Crippen LogP contribution < -0.4 is 47.0 Å². The number of carboxylic acids is 1. The zero-order valence-corrected chi connectivity index (χ0v) is 64.4. The van der Waals surface area contributed by atoms with Gasteiger partial charge in [-0.1, -0.05) is 148 Å². The summed E-state index contributed by atoms with van der Waals surface area (Å²) in [6.45, 7) is 2.30. The molecule has 5 fully saturated rings. The van der Waals surface area contributed by atoms with E-state index in [4.69, 9.17) is 55.0 Å². The number of hydrogen-bond acceptors (Lipinski definition) is 20. The second kappa shape index (κ2) is 41.5. The van der Waals surface area contributed by atoms with E-state index in [1.54, 1.807) is 35.8 Å². The number of ether oxygens (including phenoxy) is 2. The lowest BCUT2D eigenvalue weighted by atomic mass is 9.89. The Morgan fingerprint density at radius 3 is 1.00 bits per heavy atom. The molecule has 27 heteroatoms. The molecule has 3 aromatic heterocycles. The minimum absolute atomic E-state index is 0.0667. The Morgan fingerprint density at radius 1 is 0.425 bits per heavy atom. The predicted octanol–water partition coefficient (Wildman–Crippen LogP) is 12.3. The highest BCUT2D eigenvalue weighted by atomic mass is 35.5. The largest absolute Gasteiger partial charge is 0.481 e. The van der Waals surface area contributed by atoms with Crippen molar-refractivity contribution in [3.05, 3.63) is 139 Å². The van der Waals surface area contributed by atoms with E-state index in [2.05, 4.69) is 87.9 Å². The fourth-order valence-corrected chi connectivity index (χ4v) is 15.3. The van der Waals surface area contributed by atoms with Crippen LogP contribution in [-0.2, 0) is 76.8 Å². The first kappa shape index (κ1) is 81.5. The molecular formula is C79H106Cl3N15O9. The molecule has 6 aromatic rings. The number of methoxy groups -OCH3 is 2. The zero-order valence-electron chi connectivity index (χ0n) is 62.1. The molecule has 0 atom stereocenters. The van der Waals surface area contributed by atoms with Crippen LogP contribution in [0, 0.1) is 11.8 Å². The standard InChI is InChI=1S/C29H40ClN5O3.C28H38ClN5O3.C22H28ClN5O3/c1-35(19-26(36)32-23-10-6-7-11-23)29-24(17-27(37)38-2)28(30)33-25(34-29)16-20-12-14-22(15-13-20)31-18-21-8-4-3-5-9-21;1-34(18-25(35)31-22-9-5-6-10-22)28-23(16-26(36)37)27(29)32-24(33-28)15-19-11-13-21(14-12-19)30-17-20-7-3-2-4-8-20;1-28(13-19(29)25-16-5-3-4-6-16)22-17(12-20(30)31-2)21(23)26-18(27-22)11-14-7-9-15(24)10-8-14/h12-15,21,23,31H,3-11,16-19H2,1-2H3,(H,32,36);11-14,20,22,30H,2-10,15-18H2,1H3,(H,31,35)(H,36,37);7-10,16H,3-6,11-13,24H2,1-2H3,(H,25,29). The van der Waals surface area contributed by atoms with Gasteiger partial charge in [0.05, 0.1) is 53.1 Å². The van der Waals surface area contributed by atoms with Crippen molar-refractivity contribution in [3.63, 3.8) is 0 Å². The van der Waals surface area contributed by atoms with Crippen LogP contribution >= 0.6 is 34.8 Å². The second-order valence-electron chi connectivity index (χ2n) is 28.9. The topological polar surface area (TPSA) is 314 Å². The molecule has 572 valence electrons. The first-order valence-corrected chi connectivity index (χ1v) is 38.8. The van der Waals surface area contributed by atoms with Gasteiger partial charge in [0.15, 0.2) is 0 Å². The summed E-state index contributed by atoms with van der Waals surface area (Å²) in [4.78, 5) is 106. The van der Waals surface area contributed by atoms with Crippen LogP contribution in [0.2, 0.25) is 15.5 Å². The van der Waals surface area contributed by atoms with E-state index in [0.717, 1.165) is 130 Å². The molecule has 0 radical (unpaired) electrons. The minimum Gasteiger partial charge on any atom is -0.481 e. The monoisotopic (exact) mass is 1510 g/mol. The van der Waals surface area contributed by atoms with Crippen molar-refractivity contribution in [3.8, 4) is 0 Å². The Hall–Kier alpha value is -8.61. The van der Waals surface area contributed by atoms with E-state index in [1.807, 2.05) is 36.4 Å². The number of aliphatic carboxylic acids is 1. The normalized spacial score (nSPS) is 15.6. The molecule has 5 saturated carbocycles. The lowest BCUT2D eigenvalue weighted by Crippen LogP contribution is -2.40. The summed E-state index contributed by atoms with van der Waals surface area (Å²) < 4.78 is 9.64. The van der Waals surface area contributed by atoms with E-state index >= 15 is 0 Å². The summed E-state index contributed by atoms with van der Waals surface area (Å²) in [5.74, 6) is 2.12. The summed E-state index contributed by atoms with van der Waals surface area (Å²) in [6, 6.07) is 24.6. The van der Waals surface area contributed by atoms with E-state index in [0.29, 0.717) is 76.6 Å². The molecule has 0 bridgehead atoms. The summed E-state index contributed by atoms with van der Waals surface area (Å²) in [5.41, 5.74) is 12.9. The number of esters is 2. The molecular weight excluding hydrogens is 1410 g/mol. The number of aromatic nitrogens is 6. The average Bonchev–Trinajstić information content (AvgIpc) is 1.24. The molecule has 5 aliphatic carbocycles. The smallest absolute Gasteiger partial charge is 0.310 e. The van der Waals surface area contributed by atoms with Gasteiger partial charge in [-0.25, -0.2) is 29.9 Å². The molecule has 3 aromatic carbocycles. The van der Waals surface area contributed by atoms with E-state index in [9.17, 15) is 33.9 Å². The van der Waals surface area contributed by atoms with Crippen molar-refractivity contribution >= 4 is 105 Å². The zero-order chi connectivity index (χ0) is 75.5. The second-order valence-corrected chi connectivity index (χ2v) is 30.0. The van der Waals surface area contributed by atoms with Gasteiger partial charge in [-0.05, 0) is 129 Å². The van der Waals surface area contributed by atoms with E-state index in [-0.39, 0.29) is 90.2 Å². The highest BCUT2D eigenvalue weighted by molar-refractivity contribution is 6.31. The van der Waals surface area contributed by atoms with Gasteiger partial charge in [-0.2, -0.15) is 0 Å². The summed E-state index contributed by atoms with van der Waals surface area (Å²) in [6.07, 6.45) is 27.1. The van der Waals surface area contributed by atoms with Gasteiger partial charge in [0, 0.05) is 105 Å². The number of amides is 3. The van der Waals surface area contributed by atoms with Crippen molar-refractivity contribution in [2.45, 2.75) is 198 Å². The third kappa shape index (κ3) is 26.1. The maximum absolute atomic E-state index is 12.7. The average molecular weight is 1520 g/mol. The Morgan fingerprint density at radius 2 is 0.708 bits per heavy atom. The third-order valence-corrected chi connectivity index (χ3v) is 21.3. The van der Waals surface area contributed by atoms with Gasteiger partial charge in [0.2, 0.25) is 17.7 Å². The van der Waals surface area contributed by atoms with Gasteiger partial charge < -0.3 is 61.6 Å². The number of halogens is 3. The number of carbonyl (C=O) groups excluding carboxylic acids is 5. The van der Waals surface area contributed by atoms with Crippen LogP contribution in [0.25, 0.3) is 0 Å². The number of benzene rings is 3.